The van der Waals surface area contributed by atoms with Gasteiger partial charge in [-0.05, 0) is 43.2 Å². The minimum atomic E-state index is -0.574. The van der Waals surface area contributed by atoms with E-state index in [0.29, 0.717) is 21.9 Å². The first-order valence-corrected chi connectivity index (χ1v) is 8.58. The maximum atomic E-state index is 14.0. The van der Waals surface area contributed by atoms with Crippen LogP contribution in [-0.4, -0.2) is 29.4 Å². The molecule has 3 rings (SSSR count). The highest BCUT2D eigenvalue weighted by molar-refractivity contribution is 6.31. The Kier molecular flexibility index (Phi) is 5.42. The molecule has 2 aromatic rings. The molecule has 0 bridgehead atoms. The number of halogens is 2. The lowest BCUT2D eigenvalue weighted by Gasteiger charge is -2.23. The van der Waals surface area contributed by atoms with Crippen LogP contribution < -0.4 is 10.5 Å². The Balaban J connectivity index is 1.68. The Bertz CT molecular complexity index is 819. The lowest BCUT2D eigenvalue weighted by Crippen LogP contribution is -2.36. The van der Waals surface area contributed by atoms with E-state index in [2.05, 4.69) is 0 Å². The second-order valence-electron chi connectivity index (χ2n) is 6.13. The number of rotatable bonds is 7. The minimum Gasteiger partial charge on any atom is -0.484 e. The molecule has 7 heteroatoms. The van der Waals surface area contributed by atoms with Crippen LogP contribution in [0.15, 0.2) is 42.5 Å². The maximum Gasteiger partial charge on any atom is 0.261 e. The van der Waals surface area contributed by atoms with Crippen LogP contribution in [0, 0.1) is 5.82 Å². The number of amides is 2. The summed E-state index contributed by atoms with van der Waals surface area (Å²) in [5.41, 5.74) is 5.83. The van der Waals surface area contributed by atoms with E-state index in [1.54, 1.807) is 29.2 Å². The second-order valence-corrected chi connectivity index (χ2v) is 6.54. The number of primary amides is 1. The first kappa shape index (κ1) is 18.2. The normalized spacial score (nSPS) is 13.3. The Morgan fingerprint density at radius 1 is 1.23 bits per heavy atom. The Hall–Kier alpha value is -2.60. The number of nitrogens with two attached hydrogens (primary N) is 1. The van der Waals surface area contributed by atoms with Gasteiger partial charge in [0.1, 0.15) is 11.6 Å². The van der Waals surface area contributed by atoms with E-state index in [9.17, 15) is 14.0 Å². The summed E-state index contributed by atoms with van der Waals surface area (Å²) in [4.78, 5) is 25.4. The quantitative estimate of drug-likeness (QED) is 0.806. The van der Waals surface area contributed by atoms with Crippen molar-refractivity contribution in [3.8, 4) is 5.75 Å². The van der Waals surface area contributed by atoms with Crippen LogP contribution in [0.2, 0.25) is 5.02 Å². The molecule has 5 nitrogen and oxygen atoms in total. The summed E-state index contributed by atoms with van der Waals surface area (Å²) in [6.07, 6.45) is 1.74. The summed E-state index contributed by atoms with van der Waals surface area (Å²) >= 11 is 6.07. The fraction of sp³-hybridized carbons (Fsp3) is 0.263. The van der Waals surface area contributed by atoms with Gasteiger partial charge in [-0.1, -0.05) is 23.7 Å². The van der Waals surface area contributed by atoms with Gasteiger partial charge < -0.3 is 15.4 Å². The minimum absolute atomic E-state index is 0.0683. The zero-order chi connectivity index (χ0) is 18.7. The first-order chi connectivity index (χ1) is 12.5. The summed E-state index contributed by atoms with van der Waals surface area (Å²) in [5, 5.41) is 0.290. The third-order valence-corrected chi connectivity index (χ3v) is 4.53. The molecular weight excluding hydrogens is 359 g/mol. The van der Waals surface area contributed by atoms with E-state index in [4.69, 9.17) is 22.1 Å². The van der Waals surface area contributed by atoms with Gasteiger partial charge in [-0.25, -0.2) is 4.39 Å². The standard InChI is InChI=1S/C19H18ClFN2O3/c20-16-5-2-6-17(21)15(16)10-23(13-7-8-13)18(24)11-26-14-4-1-3-12(9-14)19(22)25/h1-6,9,13H,7-8,10-11H2,(H2,22,25). The molecule has 2 N–H and O–H groups in total. The first-order valence-electron chi connectivity index (χ1n) is 8.20. The van der Waals surface area contributed by atoms with Crippen LogP contribution >= 0.6 is 11.6 Å². The van der Waals surface area contributed by atoms with Gasteiger partial charge in [-0.2, -0.15) is 0 Å². The van der Waals surface area contributed by atoms with Crippen LogP contribution in [-0.2, 0) is 11.3 Å². The van der Waals surface area contributed by atoms with Gasteiger partial charge in [0.25, 0.3) is 5.91 Å². The van der Waals surface area contributed by atoms with Crippen molar-refractivity contribution >= 4 is 23.4 Å². The van der Waals surface area contributed by atoms with Crippen molar-refractivity contribution in [2.24, 2.45) is 5.73 Å². The largest absolute Gasteiger partial charge is 0.484 e. The van der Waals surface area contributed by atoms with E-state index in [1.807, 2.05) is 0 Å². The number of hydrogen-bond acceptors (Lipinski definition) is 3. The topological polar surface area (TPSA) is 72.6 Å². The predicted molar refractivity (Wildman–Crippen MR) is 95.4 cm³/mol. The van der Waals surface area contributed by atoms with Crippen molar-refractivity contribution in [3.63, 3.8) is 0 Å². The van der Waals surface area contributed by atoms with Crippen molar-refractivity contribution < 1.29 is 18.7 Å². The fourth-order valence-electron chi connectivity index (χ4n) is 2.63. The monoisotopic (exact) mass is 376 g/mol. The van der Waals surface area contributed by atoms with Crippen molar-refractivity contribution in [1.82, 2.24) is 4.90 Å². The highest BCUT2D eigenvalue weighted by Gasteiger charge is 2.33. The van der Waals surface area contributed by atoms with E-state index < -0.39 is 11.7 Å². The van der Waals surface area contributed by atoms with Crippen molar-refractivity contribution in [2.75, 3.05) is 6.61 Å². The van der Waals surface area contributed by atoms with Crippen molar-refractivity contribution in [1.29, 1.82) is 0 Å². The summed E-state index contributed by atoms with van der Waals surface area (Å²) in [7, 11) is 0. The molecule has 2 amide bonds. The number of hydrogen-bond donors (Lipinski definition) is 1. The van der Waals surface area contributed by atoms with Gasteiger partial charge in [0, 0.05) is 22.2 Å². The zero-order valence-corrected chi connectivity index (χ0v) is 14.7. The molecule has 1 fully saturated rings. The van der Waals surface area contributed by atoms with Gasteiger partial charge in [-0.15, -0.1) is 0 Å². The van der Waals surface area contributed by atoms with Crippen molar-refractivity contribution in [3.05, 3.63) is 64.4 Å². The predicted octanol–water partition coefficient (Wildman–Crippen LogP) is 3.15. The average Bonchev–Trinajstić information content (AvgIpc) is 3.44. The van der Waals surface area contributed by atoms with Crippen LogP contribution in [0.25, 0.3) is 0 Å². The molecular formula is C19H18ClFN2O3. The summed E-state index contributed by atoms with van der Waals surface area (Å²) in [6.45, 7) is -0.121. The molecule has 0 aliphatic heterocycles. The van der Waals surface area contributed by atoms with Crippen molar-refractivity contribution in [2.45, 2.75) is 25.4 Å². The molecule has 0 spiro atoms. The highest BCUT2D eigenvalue weighted by atomic mass is 35.5. The second kappa shape index (κ2) is 7.74. The van der Waals surface area contributed by atoms with Gasteiger partial charge in [-0.3, -0.25) is 9.59 Å². The summed E-state index contributed by atoms with van der Waals surface area (Å²) < 4.78 is 19.5. The molecule has 0 heterocycles. The number of carbonyl (C=O) groups is 2. The number of nitrogens with zero attached hydrogens (tertiary/aromatic N) is 1. The smallest absolute Gasteiger partial charge is 0.261 e. The third kappa shape index (κ3) is 4.32. The van der Waals surface area contributed by atoms with Crippen LogP contribution in [0.1, 0.15) is 28.8 Å². The summed E-state index contributed by atoms with van der Waals surface area (Å²) in [6, 6.07) is 10.8. The molecule has 0 atom stereocenters. The van der Waals surface area contributed by atoms with Gasteiger partial charge in [0.2, 0.25) is 5.91 Å². The molecule has 1 saturated carbocycles. The van der Waals surface area contributed by atoms with Gasteiger partial charge in [0.15, 0.2) is 6.61 Å². The van der Waals surface area contributed by atoms with E-state index in [-0.39, 0.29) is 25.1 Å². The van der Waals surface area contributed by atoms with E-state index >= 15 is 0 Å². The zero-order valence-electron chi connectivity index (χ0n) is 14.0. The molecule has 0 aromatic heterocycles. The Morgan fingerprint density at radius 3 is 2.62 bits per heavy atom. The van der Waals surface area contributed by atoms with Crippen LogP contribution in [0.4, 0.5) is 4.39 Å². The lowest BCUT2D eigenvalue weighted by atomic mass is 10.2. The third-order valence-electron chi connectivity index (χ3n) is 4.18. The fourth-order valence-corrected chi connectivity index (χ4v) is 2.85. The molecule has 0 saturated heterocycles. The highest BCUT2D eigenvalue weighted by Crippen LogP contribution is 2.31. The Morgan fingerprint density at radius 2 is 1.96 bits per heavy atom. The molecule has 1 aliphatic rings. The number of benzene rings is 2. The molecule has 0 unspecified atom stereocenters. The molecule has 2 aromatic carbocycles. The summed E-state index contributed by atoms with van der Waals surface area (Å²) in [5.74, 6) is -0.910. The number of carbonyl (C=O) groups excluding carboxylic acids is 2. The molecule has 136 valence electrons. The maximum absolute atomic E-state index is 14.0. The van der Waals surface area contributed by atoms with E-state index in [0.717, 1.165) is 12.8 Å². The average molecular weight is 377 g/mol. The Labute approximate surface area is 155 Å². The number of ether oxygens (including phenoxy) is 1. The SMILES string of the molecule is NC(=O)c1cccc(OCC(=O)N(Cc2c(F)cccc2Cl)C2CC2)c1. The van der Waals surface area contributed by atoms with Gasteiger partial charge in [0.05, 0.1) is 6.54 Å². The molecule has 0 radical (unpaired) electrons. The van der Waals surface area contributed by atoms with Crippen LogP contribution in [0.3, 0.4) is 0 Å². The van der Waals surface area contributed by atoms with Gasteiger partial charge >= 0.3 is 0 Å². The molecule has 1 aliphatic carbocycles. The van der Waals surface area contributed by atoms with E-state index in [1.165, 1.54) is 18.2 Å². The van der Waals surface area contributed by atoms with Crippen LogP contribution in [0.5, 0.6) is 5.75 Å². The lowest BCUT2D eigenvalue weighted by molar-refractivity contribution is -0.134. The molecule has 26 heavy (non-hydrogen) atoms.